The Bertz CT molecular complexity index is 765. The Labute approximate surface area is 143 Å². The molecule has 1 aromatic heterocycles. The van der Waals surface area contributed by atoms with Gasteiger partial charge in [0, 0.05) is 23.6 Å². The number of nitrogens with one attached hydrogen (secondary N) is 1. The molecule has 7 heteroatoms. The van der Waals surface area contributed by atoms with Gasteiger partial charge in [-0.2, -0.15) is 0 Å². The molecule has 1 aliphatic rings. The first kappa shape index (κ1) is 16.9. The lowest BCUT2D eigenvalue weighted by atomic mass is 9.90. The zero-order valence-electron chi connectivity index (χ0n) is 13.5. The van der Waals surface area contributed by atoms with Gasteiger partial charge in [0.25, 0.3) is 0 Å². The lowest BCUT2D eigenvalue weighted by molar-refractivity contribution is -0.124. The van der Waals surface area contributed by atoms with Crippen LogP contribution in [0.4, 0.5) is 5.69 Å². The van der Waals surface area contributed by atoms with Crippen molar-refractivity contribution in [3.8, 4) is 0 Å². The van der Waals surface area contributed by atoms with Crippen LogP contribution in [0, 0.1) is 0 Å². The summed E-state index contributed by atoms with van der Waals surface area (Å²) in [6.45, 7) is 3.11. The van der Waals surface area contributed by atoms with E-state index in [1.54, 1.807) is 13.0 Å². The molecule has 0 atom stereocenters. The molecule has 1 fully saturated rings. The van der Waals surface area contributed by atoms with E-state index in [1.807, 2.05) is 18.2 Å². The van der Waals surface area contributed by atoms with E-state index in [2.05, 4.69) is 5.32 Å². The molecular weight excluding hydrogens is 328 g/mol. The summed E-state index contributed by atoms with van der Waals surface area (Å²) in [5, 5.41) is 3.76. The van der Waals surface area contributed by atoms with Gasteiger partial charge < -0.3 is 20.5 Å². The van der Waals surface area contributed by atoms with Gasteiger partial charge in [0.05, 0.1) is 6.61 Å². The molecule has 128 valence electrons. The second-order valence-corrected chi connectivity index (χ2v) is 6.89. The minimum Gasteiger partial charge on any atom is -0.462 e. The summed E-state index contributed by atoms with van der Waals surface area (Å²) in [4.78, 5) is 24.8. The third-order valence-corrected chi connectivity index (χ3v) is 5.18. The number of nitrogens with two attached hydrogens (primary N) is 1. The molecule has 0 aliphatic carbocycles. The lowest BCUT2D eigenvalue weighted by Gasteiger charge is -2.31. The highest BCUT2D eigenvalue weighted by molar-refractivity contribution is 7.20. The van der Waals surface area contributed by atoms with Crippen LogP contribution in [0.5, 0.6) is 0 Å². The molecular formula is C17H20N2O4S. The monoisotopic (exact) mass is 348 g/mol. The zero-order valence-corrected chi connectivity index (χ0v) is 14.3. The molecule has 24 heavy (non-hydrogen) atoms. The van der Waals surface area contributed by atoms with Crippen LogP contribution < -0.4 is 11.1 Å². The average molecular weight is 348 g/mol. The predicted molar refractivity (Wildman–Crippen MR) is 93.4 cm³/mol. The Morgan fingerprint density at radius 2 is 2.08 bits per heavy atom. The summed E-state index contributed by atoms with van der Waals surface area (Å²) in [7, 11) is 0. The van der Waals surface area contributed by atoms with E-state index in [4.69, 9.17) is 15.2 Å². The summed E-state index contributed by atoms with van der Waals surface area (Å²) in [5.41, 5.74) is 5.96. The molecule has 0 bridgehead atoms. The molecule has 6 nitrogen and oxygen atoms in total. The number of esters is 1. The number of anilines is 1. The van der Waals surface area contributed by atoms with Gasteiger partial charge in [0.1, 0.15) is 10.4 Å². The number of carbonyl (C=O) groups is 2. The van der Waals surface area contributed by atoms with Crippen molar-refractivity contribution in [1.29, 1.82) is 0 Å². The van der Waals surface area contributed by atoms with Crippen LogP contribution in [-0.4, -0.2) is 37.2 Å². The molecule has 0 unspecified atom stereocenters. The third kappa shape index (κ3) is 3.43. The number of thiophene rings is 1. The van der Waals surface area contributed by atoms with Gasteiger partial charge >= 0.3 is 5.97 Å². The summed E-state index contributed by atoms with van der Waals surface area (Å²) in [6.07, 6.45) is 1.01. The molecule has 0 saturated carbocycles. The quantitative estimate of drug-likeness (QED) is 0.829. The van der Waals surface area contributed by atoms with E-state index in [0.717, 1.165) is 10.1 Å². The average Bonchev–Trinajstić information content (AvgIpc) is 2.99. The fourth-order valence-corrected chi connectivity index (χ4v) is 3.58. The minimum absolute atomic E-state index is 0.203. The number of hydrogen-bond acceptors (Lipinski definition) is 6. The van der Waals surface area contributed by atoms with Gasteiger partial charge in [-0.3, -0.25) is 4.79 Å². The first-order valence-electron chi connectivity index (χ1n) is 7.90. The normalized spacial score (nSPS) is 16.8. The Hall–Kier alpha value is -1.96. The number of fused-ring (bicyclic) bond motifs is 1. The molecule has 1 aliphatic heterocycles. The van der Waals surface area contributed by atoms with Crippen molar-refractivity contribution in [2.45, 2.75) is 25.3 Å². The molecule has 3 rings (SSSR count). The Kier molecular flexibility index (Phi) is 4.84. The van der Waals surface area contributed by atoms with Crippen molar-refractivity contribution >= 4 is 39.0 Å². The maximum atomic E-state index is 12.5. The van der Waals surface area contributed by atoms with Crippen LogP contribution in [0.2, 0.25) is 0 Å². The Balaban J connectivity index is 1.78. The van der Waals surface area contributed by atoms with Crippen LogP contribution >= 0.6 is 11.3 Å². The highest BCUT2D eigenvalue weighted by Gasteiger charge is 2.35. The molecule has 3 N–H and O–H groups in total. The molecule has 2 aromatic rings. The fraction of sp³-hybridized carbons (Fsp3) is 0.412. The lowest BCUT2D eigenvalue weighted by Crippen LogP contribution is -2.54. The molecule has 1 saturated heterocycles. The van der Waals surface area contributed by atoms with Gasteiger partial charge in [0.15, 0.2) is 0 Å². The Morgan fingerprint density at radius 1 is 1.33 bits per heavy atom. The van der Waals surface area contributed by atoms with E-state index in [0.29, 0.717) is 43.2 Å². The zero-order chi connectivity index (χ0) is 17.2. The van der Waals surface area contributed by atoms with Gasteiger partial charge in [-0.25, -0.2) is 4.79 Å². The van der Waals surface area contributed by atoms with Crippen molar-refractivity contribution < 1.29 is 19.1 Å². The highest BCUT2D eigenvalue weighted by Crippen LogP contribution is 2.29. The van der Waals surface area contributed by atoms with E-state index in [-0.39, 0.29) is 11.9 Å². The summed E-state index contributed by atoms with van der Waals surface area (Å²) < 4.78 is 11.2. The number of amides is 1. The van der Waals surface area contributed by atoms with E-state index in [1.165, 1.54) is 11.3 Å². The topological polar surface area (TPSA) is 90.7 Å². The van der Waals surface area contributed by atoms with Gasteiger partial charge in [-0.05, 0) is 49.4 Å². The highest BCUT2D eigenvalue weighted by atomic mass is 32.1. The second kappa shape index (κ2) is 6.88. The molecule has 0 spiro atoms. The van der Waals surface area contributed by atoms with Crippen LogP contribution in [0.3, 0.4) is 0 Å². The van der Waals surface area contributed by atoms with E-state index in [9.17, 15) is 9.59 Å². The summed E-state index contributed by atoms with van der Waals surface area (Å²) >= 11 is 1.37. The summed E-state index contributed by atoms with van der Waals surface area (Å²) in [5.74, 6) is -0.529. The third-order valence-electron chi connectivity index (χ3n) is 4.09. The predicted octanol–water partition coefficient (Wildman–Crippen LogP) is 2.52. The first-order valence-corrected chi connectivity index (χ1v) is 8.72. The van der Waals surface area contributed by atoms with Crippen LogP contribution in [0.25, 0.3) is 10.1 Å². The Morgan fingerprint density at radius 3 is 2.79 bits per heavy atom. The molecule has 0 radical (unpaired) electrons. The standard InChI is InChI=1S/C17H20N2O4S/c1-2-23-15(20)14-10-11-9-12(3-4-13(11)24-14)19-16(21)17(18)5-7-22-8-6-17/h3-4,9-10H,2,5-8,18H2,1H3,(H,19,21). The summed E-state index contributed by atoms with van der Waals surface area (Å²) in [6, 6.07) is 7.31. The number of benzene rings is 1. The molecule has 1 aromatic carbocycles. The van der Waals surface area contributed by atoms with E-state index < -0.39 is 5.54 Å². The maximum Gasteiger partial charge on any atom is 0.348 e. The first-order chi connectivity index (χ1) is 11.5. The van der Waals surface area contributed by atoms with Crippen molar-refractivity contribution in [2.75, 3.05) is 25.1 Å². The van der Waals surface area contributed by atoms with Gasteiger partial charge in [0.2, 0.25) is 5.91 Å². The number of ether oxygens (including phenoxy) is 2. The van der Waals surface area contributed by atoms with E-state index >= 15 is 0 Å². The number of rotatable bonds is 4. The second-order valence-electron chi connectivity index (χ2n) is 5.81. The molecule has 2 heterocycles. The van der Waals surface area contributed by atoms with Crippen LogP contribution in [-0.2, 0) is 14.3 Å². The van der Waals surface area contributed by atoms with Gasteiger partial charge in [-0.1, -0.05) is 0 Å². The number of hydrogen-bond donors (Lipinski definition) is 2. The smallest absolute Gasteiger partial charge is 0.348 e. The minimum atomic E-state index is -0.891. The largest absolute Gasteiger partial charge is 0.462 e. The van der Waals surface area contributed by atoms with Crippen LogP contribution in [0.15, 0.2) is 24.3 Å². The van der Waals surface area contributed by atoms with Crippen molar-refractivity contribution in [2.24, 2.45) is 5.73 Å². The SMILES string of the molecule is CCOC(=O)c1cc2cc(NC(=O)C3(N)CCOCC3)ccc2s1. The van der Waals surface area contributed by atoms with Crippen molar-refractivity contribution in [3.05, 3.63) is 29.1 Å². The van der Waals surface area contributed by atoms with Crippen LogP contribution in [0.1, 0.15) is 29.4 Å². The fourth-order valence-electron chi connectivity index (χ4n) is 2.64. The van der Waals surface area contributed by atoms with Crippen molar-refractivity contribution in [1.82, 2.24) is 0 Å². The van der Waals surface area contributed by atoms with Gasteiger partial charge in [-0.15, -0.1) is 11.3 Å². The molecule has 1 amide bonds. The maximum absolute atomic E-state index is 12.5. The number of carbonyl (C=O) groups excluding carboxylic acids is 2. The van der Waals surface area contributed by atoms with Crippen molar-refractivity contribution in [3.63, 3.8) is 0 Å².